The van der Waals surface area contributed by atoms with Crippen LogP contribution in [0.3, 0.4) is 0 Å². The molecule has 0 fully saturated rings. The van der Waals surface area contributed by atoms with Crippen LogP contribution in [0.5, 0.6) is 0 Å². The number of amides is 1. The lowest BCUT2D eigenvalue weighted by Crippen LogP contribution is -2.27. The zero-order valence-electron chi connectivity index (χ0n) is 11.3. The van der Waals surface area contributed by atoms with E-state index in [2.05, 4.69) is 11.9 Å². The maximum atomic E-state index is 12.1. The van der Waals surface area contributed by atoms with Crippen molar-refractivity contribution in [3.63, 3.8) is 0 Å². The largest absolute Gasteiger partial charge is 0.478 e. The van der Waals surface area contributed by atoms with Crippen LogP contribution in [-0.4, -0.2) is 23.5 Å². The lowest BCUT2D eigenvalue weighted by Gasteiger charge is -2.12. The third-order valence-electron chi connectivity index (χ3n) is 2.93. The van der Waals surface area contributed by atoms with Crippen LogP contribution >= 0.6 is 0 Å². The normalized spacial score (nSPS) is 10.0. The van der Waals surface area contributed by atoms with E-state index in [9.17, 15) is 14.7 Å². The number of rotatable bonds is 6. The predicted octanol–water partition coefficient (Wildman–Crippen LogP) is 2.70. The van der Waals surface area contributed by atoms with E-state index in [1.807, 2.05) is 0 Å². The van der Waals surface area contributed by atoms with Gasteiger partial charge in [-0.3, -0.25) is 4.79 Å². The van der Waals surface area contributed by atoms with E-state index in [4.69, 9.17) is 0 Å². The molecule has 0 atom stereocenters. The molecule has 0 saturated carbocycles. The Labute approximate surface area is 113 Å². The molecule has 4 heteroatoms. The molecule has 102 valence electrons. The number of hydrogen-bond donors (Lipinski definition) is 2. The summed E-state index contributed by atoms with van der Waals surface area (Å²) in [6.07, 6.45) is 3.40. The molecule has 2 N–H and O–H groups in total. The highest BCUT2D eigenvalue weighted by molar-refractivity contribution is 6.06. The van der Waals surface area contributed by atoms with Gasteiger partial charge in [0.05, 0.1) is 11.1 Å². The van der Waals surface area contributed by atoms with Gasteiger partial charge in [0.25, 0.3) is 5.91 Å². The highest BCUT2D eigenvalue weighted by atomic mass is 16.4. The molecule has 1 rings (SSSR count). The minimum absolute atomic E-state index is 0.0845. The first-order valence-corrected chi connectivity index (χ1v) is 6.21. The van der Waals surface area contributed by atoms with Gasteiger partial charge in [-0.2, -0.15) is 0 Å². The predicted molar refractivity (Wildman–Crippen MR) is 74.6 cm³/mol. The van der Waals surface area contributed by atoms with Crippen LogP contribution in [0, 0.1) is 13.8 Å². The van der Waals surface area contributed by atoms with Gasteiger partial charge in [-0.1, -0.05) is 18.2 Å². The SMILES string of the molecule is C=CCCCNC(=O)c1c(C)ccc(C)c1C(=O)O. The van der Waals surface area contributed by atoms with Crippen molar-refractivity contribution in [3.05, 3.63) is 47.0 Å². The van der Waals surface area contributed by atoms with Crippen LogP contribution < -0.4 is 5.32 Å². The third-order valence-corrected chi connectivity index (χ3v) is 2.93. The fourth-order valence-electron chi connectivity index (χ4n) is 1.92. The molecule has 0 aliphatic rings. The molecule has 4 nitrogen and oxygen atoms in total. The first kappa shape index (κ1) is 15.0. The molecule has 19 heavy (non-hydrogen) atoms. The number of carboxylic acid groups (broad SMARTS) is 1. The van der Waals surface area contributed by atoms with Crippen molar-refractivity contribution in [2.24, 2.45) is 0 Å². The maximum absolute atomic E-state index is 12.1. The summed E-state index contributed by atoms with van der Waals surface area (Å²) >= 11 is 0. The van der Waals surface area contributed by atoms with E-state index in [0.29, 0.717) is 17.7 Å². The Morgan fingerprint density at radius 3 is 2.37 bits per heavy atom. The fraction of sp³-hybridized carbons (Fsp3) is 0.333. The Morgan fingerprint density at radius 1 is 1.26 bits per heavy atom. The quantitative estimate of drug-likeness (QED) is 0.611. The van der Waals surface area contributed by atoms with Gasteiger partial charge in [-0.15, -0.1) is 6.58 Å². The number of benzene rings is 1. The van der Waals surface area contributed by atoms with Crippen LogP contribution in [0.1, 0.15) is 44.7 Å². The summed E-state index contributed by atoms with van der Waals surface area (Å²) in [4.78, 5) is 23.4. The van der Waals surface area contributed by atoms with Crippen LogP contribution in [0.2, 0.25) is 0 Å². The zero-order valence-corrected chi connectivity index (χ0v) is 11.3. The summed E-state index contributed by atoms with van der Waals surface area (Å²) < 4.78 is 0. The molecule has 0 spiro atoms. The lowest BCUT2D eigenvalue weighted by molar-refractivity contribution is 0.0690. The van der Waals surface area contributed by atoms with Crippen molar-refractivity contribution >= 4 is 11.9 Å². The highest BCUT2D eigenvalue weighted by Gasteiger charge is 2.20. The summed E-state index contributed by atoms with van der Waals surface area (Å²) in [5, 5.41) is 12.0. The monoisotopic (exact) mass is 261 g/mol. The Hall–Kier alpha value is -2.10. The number of carboxylic acids is 1. The molecule has 0 unspecified atom stereocenters. The number of aryl methyl sites for hydroxylation is 2. The first-order valence-electron chi connectivity index (χ1n) is 6.21. The molecule has 1 amide bonds. The van der Waals surface area contributed by atoms with Crippen LogP contribution in [0.15, 0.2) is 24.8 Å². The number of nitrogens with one attached hydrogen (secondary N) is 1. The molecule has 0 bridgehead atoms. The molecule has 0 radical (unpaired) electrons. The number of aromatic carboxylic acids is 1. The molecule has 0 aliphatic heterocycles. The van der Waals surface area contributed by atoms with Crippen LogP contribution in [0.4, 0.5) is 0 Å². The Balaban J connectivity index is 2.98. The molecule has 0 aliphatic carbocycles. The van der Waals surface area contributed by atoms with Crippen molar-refractivity contribution in [1.82, 2.24) is 5.32 Å². The van der Waals surface area contributed by atoms with Gasteiger partial charge in [-0.05, 0) is 37.8 Å². The first-order chi connectivity index (χ1) is 8.99. The van der Waals surface area contributed by atoms with E-state index in [1.165, 1.54) is 0 Å². The van der Waals surface area contributed by atoms with Gasteiger partial charge in [0.15, 0.2) is 0 Å². The summed E-state index contributed by atoms with van der Waals surface area (Å²) in [5.74, 6) is -1.40. The summed E-state index contributed by atoms with van der Waals surface area (Å²) in [5.41, 5.74) is 1.60. The summed E-state index contributed by atoms with van der Waals surface area (Å²) in [6, 6.07) is 3.48. The minimum Gasteiger partial charge on any atom is -0.478 e. The molecule has 0 saturated heterocycles. The average molecular weight is 261 g/mol. The van der Waals surface area contributed by atoms with Crippen LogP contribution in [-0.2, 0) is 0 Å². The van der Waals surface area contributed by atoms with Gasteiger partial charge in [0, 0.05) is 6.54 Å². The van der Waals surface area contributed by atoms with Crippen molar-refractivity contribution < 1.29 is 14.7 Å². The van der Waals surface area contributed by atoms with Gasteiger partial charge in [0.2, 0.25) is 0 Å². The Kier molecular flexibility index (Phi) is 5.30. The number of hydrogen-bond acceptors (Lipinski definition) is 2. The standard InChI is InChI=1S/C15H19NO3/c1-4-5-6-9-16-14(17)12-10(2)7-8-11(3)13(12)15(18)19/h4,7-8H,1,5-6,9H2,2-3H3,(H,16,17)(H,18,19). The Morgan fingerprint density at radius 2 is 1.84 bits per heavy atom. The minimum atomic E-state index is -1.07. The molecule has 1 aromatic rings. The zero-order chi connectivity index (χ0) is 14.4. The highest BCUT2D eigenvalue weighted by Crippen LogP contribution is 2.18. The van der Waals surface area contributed by atoms with Gasteiger partial charge in [-0.25, -0.2) is 4.79 Å². The van der Waals surface area contributed by atoms with E-state index >= 15 is 0 Å². The van der Waals surface area contributed by atoms with Crippen LogP contribution in [0.25, 0.3) is 0 Å². The molecule has 0 heterocycles. The number of allylic oxidation sites excluding steroid dienone is 1. The van der Waals surface area contributed by atoms with Gasteiger partial charge in [0.1, 0.15) is 0 Å². The smallest absolute Gasteiger partial charge is 0.336 e. The second-order valence-electron chi connectivity index (χ2n) is 4.44. The topological polar surface area (TPSA) is 66.4 Å². The molecule has 0 aromatic heterocycles. The second kappa shape index (κ2) is 6.73. The number of unbranched alkanes of at least 4 members (excludes halogenated alkanes) is 1. The summed E-state index contributed by atoms with van der Waals surface area (Å²) in [6.45, 7) is 7.55. The molecular formula is C15H19NO3. The van der Waals surface area contributed by atoms with E-state index in [1.54, 1.807) is 32.1 Å². The lowest BCUT2D eigenvalue weighted by atomic mass is 9.96. The van der Waals surface area contributed by atoms with Crippen molar-refractivity contribution in [2.45, 2.75) is 26.7 Å². The van der Waals surface area contributed by atoms with Crippen molar-refractivity contribution in [1.29, 1.82) is 0 Å². The van der Waals surface area contributed by atoms with E-state index in [-0.39, 0.29) is 17.0 Å². The van der Waals surface area contributed by atoms with Crippen molar-refractivity contribution in [3.8, 4) is 0 Å². The van der Waals surface area contributed by atoms with Gasteiger partial charge >= 0.3 is 5.97 Å². The van der Waals surface area contributed by atoms with Gasteiger partial charge < -0.3 is 10.4 Å². The maximum Gasteiger partial charge on any atom is 0.336 e. The van der Waals surface area contributed by atoms with E-state index < -0.39 is 5.97 Å². The molecular weight excluding hydrogens is 242 g/mol. The van der Waals surface area contributed by atoms with E-state index in [0.717, 1.165) is 12.8 Å². The number of carbonyl (C=O) groups is 2. The third kappa shape index (κ3) is 3.68. The fourth-order valence-corrected chi connectivity index (χ4v) is 1.92. The average Bonchev–Trinajstić information content (AvgIpc) is 2.36. The second-order valence-corrected chi connectivity index (χ2v) is 4.44. The van der Waals surface area contributed by atoms with Crippen molar-refractivity contribution in [2.75, 3.05) is 6.54 Å². The molecule has 1 aromatic carbocycles. The number of carbonyl (C=O) groups excluding carboxylic acids is 1. The Bertz CT molecular complexity index is 506. The summed E-state index contributed by atoms with van der Waals surface area (Å²) in [7, 11) is 0.